The molecule has 9 heteroatoms. The molecule has 3 N–H and O–H groups in total. The predicted octanol–water partition coefficient (Wildman–Crippen LogP) is 4.32. The van der Waals surface area contributed by atoms with E-state index in [1.165, 1.54) is 19.4 Å². The number of ether oxygens (including phenoxy) is 1. The molecule has 1 aromatic heterocycles. The number of benzene rings is 2. The molecule has 29 heavy (non-hydrogen) atoms. The second kappa shape index (κ2) is 9.22. The van der Waals surface area contributed by atoms with E-state index < -0.39 is 5.91 Å². The van der Waals surface area contributed by atoms with Gasteiger partial charge in [-0.25, -0.2) is 0 Å². The van der Waals surface area contributed by atoms with Crippen molar-refractivity contribution in [3.63, 3.8) is 0 Å². The molecule has 0 saturated heterocycles. The number of anilines is 2. The first kappa shape index (κ1) is 20.4. The first-order valence-electron chi connectivity index (χ1n) is 8.37. The fourth-order valence-corrected chi connectivity index (χ4v) is 2.85. The third kappa shape index (κ3) is 5.34. The molecule has 0 aliphatic carbocycles. The highest BCUT2D eigenvalue weighted by atomic mass is 35.5. The van der Waals surface area contributed by atoms with E-state index in [4.69, 9.17) is 33.0 Å². The molecule has 0 fully saturated rings. The summed E-state index contributed by atoms with van der Waals surface area (Å²) in [6.07, 6.45) is 1.43. The first-order chi connectivity index (χ1) is 14.0. The lowest BCUT2D eigenvalue weighted by molar-refractivity contribution is 0.0975. The Morgan fingerprint density at radius 2 is 1.69 bits per heavy atom. The largest absolute Gasteiger partial charge is 0.495 e. The molecule has 0 spiro atoms. The van der Waals surface area contributed by atoms with Crippen LogP contribution in [0.15, 0.2) is 65.3 Å². The molecule has 3 aromatic rings. The zero-order chi connectivity index (χ0) is 20.8. The van der Waals surface area contributed by atoms with Gasteiger partial charge in [-0.15, -0.1) is 0 Å². The molecule has 0 unspecified atom stereocenters. The monoisotopic (exact) mass is 429 g/mol. The fraction of sp³-hybridized carbons (Fsp3) is 0.0500. The maximum absolute atomic E-state index is 12.3. The Morgan fingerprint density at radius 3 is 2.28 bits per heavy atom. The predicted molar refractivity (Wildman–Crippen MR) is 115 cm³/mol. The van der Waals surface area contributed by atoms with Gasteiger partial charge in [0.1, 0.15) is 5.75 Å². The SMILES string of the molecule is COc1ccc(C(=O)NC(=S)Nc2ccc(NC(=O)c3ccco3)cc2)cc1Cl. The van der Waals surface area contributed by atoms with E-state index in [-0.39, 0.29) is 16.8 Å². The van der Waals surface area contributed by atoms with Crippen LogP contribution in [-0.2, 0) is 0 Å². The highest BCUT2D eigenvalue weighted by Crippen LogP contribution is 2.24. The number of carbonyl (C=O) groups excluding carboxylic acids is 2. The van der Waals surface area contributed by atoms with E-state index in [1.807, 2.05) is 0 Å². The Labute approximate surface area is 177 Å². The van der Waals surface area contributed by atoms with Crippen molar-refractivity contribution in [3.8, 4) is 5.75 Å². The van der Waals surface area contributed by atoms with Crippen LogP contribution < -0.4 is 20.7 Å². The van der Waals surface area contributed by atoms with Crippen molar-refractivity contribution in [3.05, 3.63) is 77.2 Å². The van der Waals surface area contributed by atoms with Crippen LogP contribution in [0.3, 0.4) is 0 Å². The van der Waals surface area contributed by atoms with Crippen molar-refractivity contribution < 1.29 is 18.7 Å². The van der Waals surface area contributed by atoms with Crippen LogP contribution in [-0.4, -0.2) is 24.0 Å². The standard InChI is InChI=1S/C20H16ClN3O4S/c1-27-16-9-4-12(11-15(16)21)18(25)24-20(29)23-14-7-5-13(6-8-14)22-19(26)17-3-2-10-28-17/h2-11H,1H3,(H,22,26)(H2,23,24,25,29). The molecule has 1 heterocycles. The molecule has 2 amide bonds. The van der Waals surface area contributed by atoms with Gasteiger partial charge in [0.25, 0.3) is 11.8 Å². The Balaban J connectivity index is 1.55. The summed E-state index contributed by atoms with van der Waals surface area (Å²) in [5.41, 5.74) is 1.56. The number of amides is 2. The van der Waals surface area contributed by atoms with E-state index >= 15 is 0 Å². The third-order valence-electron chi connectivity index (χ3n) is 3.79. The average molecular weight is 430 g/mol. The molecule has 0 aliphatic heterocycles. The van der Waals surface area contributed by atoms with Crippen molar-refractivity contribution >= 4 is 52.1 Å². The number of hydrogen-bond acceptors (Lipinski definition) is 5. The lowest BCUT2D eigenvalue weighted by Crippen LogP contribution is -2.34. The van der Waals surface area contributed by atoms with Gasteiger partial charge < -0.3 is 19.8 Å². The van der Waals surface area contributed by atoms with Gasteiger partial charge in [0.15, 0.2) is 10.9 Å². The summed E-state index contributed by atoms with van der Waals surface area (Å²) in [6, 6.07) is 14.7. The Morgan fingerprint density at radius 1 is 1.00 bits per heavy atom. The van der Waals surface area contributed by atoms with Gasteiger partial charge in [-0.3, -0.25) is 14.9 Å². The molecule has 0 radical (unpaired) electrons. The summed E-state index contributed by atoms with van der Waals surface area (Å²) in [6.45, 7) is 0. The van der Waals surface area contributed by atoms with Crippen molar-refractivity contribution in [2.24, 2.45) is 0 Å². The summed E-state index contributed by atoms with van der Waals surface area (Å²) in [5.74, 6) is -0.0658. The number of furan rings is 1. The lowest BCUT2D eigenvalue weighted by atomic mass is 10.2. The number of hydrogen-bond donors (Lipinski definition) is 3. The fourth-order valence-electron chi connectivity index (χ4n) is 2.38. The number of nitrogens with one attached hydrogen (secondary N) is 3. The number of rotatable bonds is 5. The van der Waals surface area contributed by atoms with Crippen LogP contribution in [0.5, 0.6) is 5.75 Å². The maximum atomic E-state index is 12.3. The minimum Gasteiger partial charge on any atom is -0.495 e. The van der Waals surface area contributed by atoms with Gasteiger partial charge in [-0.1, -0.05) is 11.6 Å². The Hall–Kier alpha value is -3.36. The van der Waals surface area contributed by atoms with E-state index in [0.29, 0.717) is 27.7 Å². The molecule has 0 aliphatic rings. The molecule has 7 nitrogen and oxygen atoms in total. The van der Waals surface area contributed by atoms with E-state index in [2.05, 4.69) is 16.0 Å². The highest BCUT2D eigenvalue weighted by molar-refractivity contribution is 7.80. The normalized spacial score (nSPS) is 10.1. The average Bonchev–Trinajstić information content (AvgIpc) is 3.24. The molecule has 0 saturated carbocycles. The van der Waals surface area contributed by atoms with Gasteiger partial charge in [0, 0.05) is 16.9 Å². The molecular formula is C20H16ClN3O4S. The van der Waals surface area contributed by atoms with Gasteiger partial charge in [-0.05, 0) is 66.8 Å². The summed E-state index contributed by atoms with van der Waals surface area (Å²) in [5, 5.41) is 8.63. The zero-order valence-corrected chi connectivity index (χ0v) is 16.8. The molecule has 2 aromatic carbocycles. The Kier molecular flexibility index (Phi) is 6.48. The van der Waals surface area contributed by atoms with E-state index in [9.17, 15) is 9.59 Å². The third-order valence-corrected chi connectivity index (χ3v) is 4.29. The van der Waals surface area contributed by atoms with Crippen LogP contribution in [0.2, 0.25) is 5.02 Å². The topological polar surface area (TPSA) is 92.6 Å². The number of carbonyl (C=O) groups is 2. The first-order valence-corrected chi connectivity index (χ1v) is 9.15. The summed E-state index contributed by atoms with van der Waals surface area (Å²) >= 11 is 11.2. The molecule has 0 atom stereocenters. The smallest absolute Gasteiger partial charge is 0.291 e. The van der Waals surface area contributed by atoms with Crippen LogP contribution in [0.4, 0.5) is 11.4 Å². The lowest BCUT2D eigenvalue weighted by Gasteiger charge is -2.11. The highest BCUT2D eigenvalue weighted by Gasteiger charge is 2.11. The van der Waals surface area contributed by atoms with E-state index in [0.717, 1.165) is 0 Å². The zero-order valence-electron chi connectivity index (χ0n) is 15.2. The van der Waals surface area contributed by atoms with Crippen molar-refractivity contribution in [2.75, 3.05) is 17.7 Å². The second-order valence-electron chi connectivity index (χ2n) is 5.77. The summed E-state index contributed by atoms with van der Waals surface area (Å²) < 4.78 is 10.1. The van der Waals surface area contributed by atoms with Crippen molar-refractivity contribution in [1.82, 2.24) is 5.32 Å². The van der Waals surface area contributed by atoms with Gasteiger partial charge >= 0.3 is 0 Å². The number of halogens is 1. The quantitative estimate of drug-likeness (QED) is 0.523. The van der Waals surface area contributed by atoms with Crippen LogP contribution in [0.1, 0.15) is 20.9 Å². The maximum Gasteiger partial charge on any atom is 0.291 e. The Bertz CT molecular complexity index is 1040. The van der Waals surface area contributed by atoms with Crippen molar-refractivity contribution in [1.29, 1.82) is 0 Å². The molecular weight excluding hydrogens is 414 g/mol. The molecule has 148 valence electrons. The van der Waals surface area contributed by atoms with Crippen LogP contribution >= 0.6 is 23.8 Å². The van der Waals surface area contributed by atoms with Crippen molar-refractivity contribution in [2.45, 2.75) is 0 Å². The molecule has 3 rings (SSSR count). The minimum atomic E-state index is -0.408. The second-order valence-corrected chi connectivity index (χ2v) is 6.58. The van der Waals surface area contributed by atoms with E-state index in [1.54, 1.807) is 48.5 Å². The van der Waals surface area contributed by atoms with Gasteiger partial charge in [0.2, 0.25) is 0 Å². The number of methoxy groups -OCH3 is 1. The van der Waals surface area contributed by atoms with Gasteiger partial charge in [-0.2, -0.15) is 0 Å². The van der Waals surface area contributed by atoms with Crippen LogP contribution in [0.25, 0.3) is 0 Å². The molecule has 0 bridgehead atoms. The number of thiocarbonyl (C=S) groups is 1. The van der Waals surface area contributed by atoms with Gasteiger partial charge in [0.05, 0.1) is 18.4 Å². The summed E-state index contributed by atoms with van der Waals surface area (Å²) in [4.78, 5) is 24.2. The minimum absolute atomic E-state index is 0.120. The van der Waals surface area contributed by atoms with Crippen LogP contribution in [0, 0.1) is 0 Å². The summed E-state index contributed by atoms with van der Waals surface area (Å²) in [7, 11) is 1.49.